The monoisotopic (exact) mass is 299 g/mol. The van der Waals surface area contributed by atoms with Gasteiger partial charge in [-0.3, -0.25) is 4.98 Å². The molecule has 0 fully saturated rings. The Bertz CT molecular complexity index is 608. The molecule has 0 saturated carbocycles. The lowest BCUT2D eigenvalue weighted by Gasteiger charge is -2.30. The van der Waals surface area contributed by atoms with Crippen LogP contribution in [-0.2, 0) is 5.41 Å². The van der Waals surface area contributed by atoms with E-state index in [0.29, 0.717) is 0 Å². The van der Waals surface area contributed by atoms with E-state index in [1.165, 1.54) is 44.1 Å². The van der Waals surface area contributed by atoms with Gasteiger partial charge in [0.25, 0.3) is 0 Å². The molecule has 0 amide bonds. The van der Waals surface area contributed by atoms with E-state index in [2.05, 4.69) is 37.9 Å². The summed E-state index contributed by atoms with van der Waals surface area (Å²) < 4.78 is 0. The van der Waals surface area contributed by atoms with Gasteiger partial charge in [-0.2, -0.15) is 0 Å². The Morgan fingerprint density at radius 3 is 2.55 bits per heavy atom. The van der Waals surface area contributed by atoms with Crippen LogP contribution in [0.4, 0.5) is 0 Å². The molecule has 2 rings (SSSR count). The second kappa shape index (κ2) is 7.62. The lowest BCUT2D eigenvalue weighted by molar-refractivity contribution is 0.397. The van der Waals surface area contributed by atoms with Gasteiger partial charge in [0.1, 0.15) is 11.3 Å². The van der Waals surface area contributed by atoms with Crippen LogP contribution in [0.25, 0.3) is 10.9 Å². The second-order valence-corrected chi connectivity index (χ2v) is 6.61. The molecule has 0 aliphatic carbocycles. The Kier molecular flexibility index (Phi) is 5.82. The number of nitrogens with zero attached hydrogens (tertiary/aromatic N) is 1. The van der Waals surface area contributed by atoms with Gasteiger partial charge in [-0.25, -0.2) is 0 Å². The summed E-state index contributed by atoms with van der Waals surface area (Å²) in [5.74, 6) is 0.278. The van der Waals surface area contributed by atoms with Gasteiger partial charge in [0.05, 0.1) is 0 Å². The number of para-hydroxylation sites is 1. The highest BCUT2D eigenvalue weighted by molar-refractivity contribution is 5.87. The number of unbranched alkanes of at least 4 members (excludes halogenated alkanes) is 4. The van der Waals surface area contributed by atoms with Gasteiger partial charge in [0.2, 0.25) is 0 Å². The van der Waals surface area contributed by atoms with Gasteiger partial charge in [-0.1, -0.05) is 65.0 Å². The maximum absolute atomic E-state index is 10.0. The van der Waals surface area contributed by atoms with E-state index < -0.39 is 0 Å². The smallest absolute Gasteiger partial charge is 0.141 e. The predicted octanol–water partition coefficient (Wildman–Crippen LogP) is 5.97. The molecule has 2 heteroatoms. The van der Waals surface area contributed by atoms with Crippen LogP contribution in [0, 0.1) is 0 Å². The molecule has 1 atom stereocenters. The van der Waals surface area contributed by atoms with Crippen LogP contribution < -0.4 is 0 Å². The minimum atomic E-state index is 0.154. The van der Waals surface area contributed by atoms with Gasteiger partial charge in [-0.05, 0) is 36.0 Å². The van der Waals surface area contributed by atoms with Crippen molar-refractivity contribution in [3.8, 4) is 5.75 Å². The molecule has 0 saturated heterocycles. The lowest BCUT2D eigenvalue weighted by atomic mass is 9.74. The third-order valence-electron chi connectivity index (χ3n) is 5.01. The van der Waals surface area contributed by atoms with Crippen molar-refractivity contribution in [2.24, 2.45) is 0 Å². The molecule has 0 aliphatic rings. The van der Waals surface area contributed by atoms with Gasteiger partial charge in [-0.15, -0.1) is 0 Å². The summed E-state index contributed by atoms with van der Waals surface area (Å²) in [4.78, 5) is 4.36. The second-order valence-electron chi connectivity index (χ2n) is 6.61. The van der Waals surface area contributed by atoms with Crippen LogP contribution in [0.1, 0.15) is 71.3 Å². The minimum absolute atomic E-state index is 0.154. The number of phenolic OH excluding ortho intramolecular Hbond substituents is 1. The molecule has 1 aromatic heterocycles. The van der Waals surface area contributed by atoms with Crippen molar-refractivity contribution in [3.05, 3.63) is 36.0 Å². The van der Waals surface area contributed by atoms with Gasteiger partial charge < -0.3 is 5.11 Å². The fourth-order valence-corrected chi connectivity index (χ4v) is 3.31. The maximum Gasteiger partial charge on any atom is 0.141 e. The lowest BCUT2D eigenvalue weighted by Crippen LogP contribution is -2.21. The van der Waals surface area contributed by atoms with Crippen LogP contribution in [0.5, 0.6) is 5.75 Å². The molecule has 2 aromatic rings. The topological polar surface area (TPSA) is 33.1 Å². The summed E-state index contributed by atoms with van der Waals surface area (Å²) in [7, 11) is 0. The Morgan fingerprint density at radius 1 is 1.05 bits per heavy atom. The fourth-order valence-electron chi connectivity index (χ4n) is 3.31. The molecule has 0 spiro atoms. The molecule has 0 bridgehead atoms. The molecule has 22 heavy (non-hydrogen) atoms. The highest BCUT2D eigenvalue weighted by atomic mass is 16.3. The van der Waals surface area contributed by atoms with E-state index >= 15 is 0 Å². The molecule has 120 valence electrons. The van der Waals surface area contributed by atoms with Crippen LogP contribution in [0.3, 0.4) is 0 Å². The Hall–Kier alpha value is -1.57. The Morgan fingerprint density at radius 2 is 1.82 bits per heavy atom. The number of pyridine rings is 1. The number of aromatic hydroxyl groups is 1. The normalized spacial score (nSPS) is 14.1. The number of hydrogen-bond acceptors (Lipinski definition) is 2. The summed E-state index contributed by atoms with van der Waals surface area (Å²) in [6.07, 6.45) is 10.7. The van der Waals surface area contributed by atoms with Crippen molar-refractivity contribution in [1.29, 1.82) is 0 Å². The summed E-state index contributed by atoms with van der Waals surface area (Å²) in [6.45, 7) is 6.87. The zero-order chi connectivity index (χ0) is 16.0. The molecule has 1 N–H and O–H groups in total. The van der Waals surface area contributed by atoms with Crippen LogP contribution in [-0.4, -0.2) is 10.1 Å². The largest absolute Gasteiger partial charge is 0.506 e. The number of phenols is 1. The minimum Gasteiger partial charge on any atom is -0.506 e. The highest BCUT2D eigenvalue weighted by Crippen LogP contribution is 2.38. The maximum atomic E-state index is 10.0. The van der Waals surface area contributed by atoms with Crippen LogP contribution in [0.15, 0.2) is 30.5 Å². The Balaban J connectivity index is 2.24. The highest BCUT2D eigenvalue weighted by Gasteiger charge is 2.26. The van der Waals surface area contributed by atoms with Gasteiger partial charge >= 0.3 is 0 Å². The summed E-state index contributed by atoms with van der Waals surface area (Å²) >= 11 is 0. The first-order valence-corrected chi connectivity index (χ1v) is 8.69. The summed E-state index contributed by atoms with van der Waals surface area (Å²) in [5, 5.41) is 11.1. The molecule has 0 radical (unpaired) electrons. The zero-order valence-corrected chi connectivity index (χ0v) is 14.2. The SMILES string of the molecule is CCCCCCCC(C)(CC)c1ccnc2c(O)cccc12. The fraction of sp³-hybridized carbons (Fsp3) is 0.550. The number of hydrogen-bond donors (Lipinski definition) is 1. The average Bonchev–Trinajstić information content (AvgIpc) is 2.54. The first kappa shape index (κ1) is 16.8. The molecule has 0 aliphatic heterocycles. The summed E-state index contributed by atoms with van der Waals surface area (Å²) in [6, 6.07) is 7.85. The van der Waals surface area contributed by atoms with E-state index in [4.69, 9.17) is 0 Å². The molecular weight excluding hydrogens is 270 g/mol. The third kappa shape index (κ3) is 3.60. The molecule has 1 heterocycles. The molecular formula is C20H29NO. The predicted molar refractivity (Wildman–Crippen MR) is 94.4 cm³/mol. The molecule has 2 nitrogen and oxygen atoms in total. The molecule has 1 unspecified atom stereocenters. The first-order chi connectivity index (χ1) is 10.6. The number of aromatic nitrogens is 1. The first-order valence-electron chi connectivity index (χ1n) is 8.69. The quantitative estimate of drug-likeness (QED) is 0.609. The summed E-state index contributed by atoms with van der Waals surface area (Å²) in [5.41, 5.74) is 2.21. The van der Waals surface area contributed by atoms with Crippen molar-refractivity contribution in [3.63, 3.8) is 0 Å². The zero-order valence-electron chi connectivity index (χ0n) is 14.2. The Labute approximate surface area is 134 Å². The van der Waals surface area contributed by atoms with E-state index in [1.54, 1.807) is 6.07 Å². The van der Waals surface area contributed by atoms with Crippen molar-refractivity contribution < 1.29 is 5.11 Å². The number of fused-ring (bicyclic) bond motifs is 1. The van der Waals surface area contributed by atoms with E-state index in [9.17, 15) is 5.11 Å². The third-order valence-corrected chi connectivity index (χ3v) is 5.01. The standard InChI is InChI=1S/C20H29NO/c1-4-6-7-8-9-14-20(3,5-2)17-13-15-21-19-16(17)11-10-12-18(19)22/h10-13,15,22H,4-9,14H2,1-3H3. The van der Waals surface area contributed by atoms with Crippen molar-refractivity contribution in [1.82, 2.24) is 4.98 Å². The van der Waals surface area contributed by atoms with E-state index in [-0.39, 0.29) is 11.2 Å². The average molecular weight is 299 g/mol. The van der Waals surface area contributed by atoms with Crippen molar-refractivity contribution >= 4 is 10.9 Å². The number of rotatable bonds is 8. The van der Waals surface area contributed by atoms with Gasteiger partial charge in [0.15, 0.2) is 0 Å². The van der Waals surface area contributed by atoms with Gasteiger partial charge in [0, 0.05) is 11.6 Å². The molecule has 1 aromatic carbocycles. The number of benzene rings is 1. The van der Waals surface area contributed by atoms with Crippen molar-refractivity contribution in [2.45, 2.75) is 71.1 Å². The van der Waals surface area contributed by atoms with Crippen molar-refractivity contribution in [2.75, 3.05) is 0 Å². The van der Waals surface area contributed by atoms with Crippen LogP contribution >= 0.6 is 0 Å². The van der Waals surface area contributed by atoms with E-state index in [1.807, 2.05) is 12.3 Å². The van der Waals surface area contributed by atoms with Crippen LogP contribution in [0.2, 0.25) is 0 Å². The van der Waals surface area contributed by atoms with E-state index in [0.717, 1.165) is 17.3 Å².